The average molecular weight is 279 g/mol. The summed E-state index contributed by atoms with van der Waals surface area (Å²) in [5, 5.41) is 9.82. The Labute approximate surface area is 115 Å². The van der Waals surface area contributed by atoms with Gasteiger partial charge in [-0.2, -0.15) is 0 Å². The van der Waals surface area contributed by atoms with Crippen LogP contribution in [0.4, 0.5) is 0 Å². The van der Waals surface area contributed by atoms with Crippen molar-refractivity contribution in [2.75, 3.05) is 0 Å². The molecule has 0 atom stereocenters. The van der Waals surface area contributed by atoms with E-state index in [1.807, 2.05) is 37.3 Å². The molecule has 1 N–H and O–H groups in total. The van der Waals surface area contributed by atoms with Crippen LogP contribution in [0.15, 0.2) is 52.3 Å². The molecule has 0 unspecified atom stereocenters. The lowest BCUT2D eigenvalue weighted by molar-refractivity contribution is 0.0693. The number of carboxylic acid groups (broad SMARTS) is 1. The topological polar surface area (TPSA) is 37.3 Å². The second kappa shape index (κ2) is 5.46. The van der Waals surface area contributed by atoms with Gasteiger partial charge < -0.3 is 5.11 Å². The standard InChI is InChI=1S/C14H11ClO2S/c1-9-6-7-12(10(8-9)14(16)17)18-13-5-3-2-4-11(13)15/h2-8H,1H3,(H,16,17). The van der Waals surface area contributed by atoms with Crippen molar-refractivity contribution in [2.24, 2.45) is 0 Å². The van der Waals surface area contributed by atoms with Gasteiger partial charge in [0.1, 0.15) is 0 Å². The van der Waals surface area contributed by atoms with Gasteiger partial charge in [-0.25, -0.2) is 4.79 Å². The fourth-order valence-electron chi connectivity index (χ4n) is 1.55. The zero-order valence-corrected chi connectivity index (χ0v) is 11.3. The molecule has 0 radical (unpaired) electrons. The van der Waals surface area contributed by atoms with Gasteiger partial charge in [0.25, 0.3) is 0 Å². The van der Waals surface area contributed by atoms with Crippen molar-refractivity contribution in [1.29, 1.82) is 0 Å². The van der Waals surface area contributed by atoms with Crippen LogP contribution in [0.3, 0.4) is 0 Å². The number of halogens is 1. The van der Waals surface area contributed by atoms with Crippen molar-refractivity contribution in [3.63, 3.8) is 0 Å². The lowest BCUT2D eigenvalue weighted by Crippen LogP contribution is -1.99. The van der Waals surface area contributed by atoms with Gasteiger partial charge in [-0.05, 0) is 31.2 Å². The summed E-state index contributed by atoms with van der Waals surface area (Å²) in [6, 6.07) is 12.8. The molecule has 0 amide bonds. The highest BCUT2D eigenvalue weighted by molar-refractivity contribution is 7.99. The highest BCUT2D eigenvalue weighted by Crippen LogP contribution is 2.35. The van der Waals surface area contributed by atoms with Gasteiger partial charge in [-0.3, -0.25) is 0 Å². The second-order valence-corrected chi connectivity index (χ2v) is 5.33. The molecule has 0 saturated heterocycles. The first kappa shape index (κ1) is 13.0. The molecule has 4 heteroatoms. The van der Waals surface area contributed by atoms with Gasteiger partial charge in [0.2, 0.25) is 0 Å². The minimum Gasteiger partial charge on any atom is -0.478 e. The van der Waals surface area contributed by atoms with Gasteiger partial charge in [-0.15, -0.1) is 0 Å². The molecular weight excluding hydrogens is 268 g/mol. The molecule has 92 valence electrons. The minimum atomic E-state index is -0.923. The first-order chi connectivity index (χ1) is 8.58. The third kappa shape index (κ3) is 2.86. The number of rotatable bonds is 3. The van der Waals surface area contributed by atoms with Crippen molar-refractivity contribution in [3.05, 3.63) is 58.6 Å². The molecule has 0 aliphatic rings. The number of benzene rings is 2. The van der Waals surface area contributed by atoms with E-state index in [1.54, 1.807) is 12.1 Å². The smallest absolute Gasteiger partial charge is 0.336 e. The van der Waals surface area contributed by atoms with Crippen LogP contribution >= 0.6 is 23.4 Å². The lowest BCUT2D eigenvalue weighted by Gasteiger charge is -2.08. The number of carboxylic acids is 1. The van der Waals surface area contributed by atoms with E-state index in [-0.39, 0.29) is 0 Å². The maximum Gasteiger partial charge on any atom is 0.336 e. The number of hydrogen-bond acceptors (Lipinski definition) is 2. The molecule has 2 nitrogen and oxygen atoms in total. The quantitative estimate of drug-likeness (QED) is 0.898. The van der Waals surface area contributed by atoms with Crippen LogP contribution in [0.1, 0.15) is 15.9 Å². The fourth-order valence-corrected chi connectivity index (χ4v) is 2.74. The van der Waals surface area contributed by atoms with Crippen molar-refractivity contribution in [2.45, 2.75) is 16.7 Å². The van der Waals surface area contributed by atoms with E-state index in [0.29, 0.717) is 15.5 Å². The summed E-state index contributed by atoms with van der Waals surface area (Å²) < 4.78 is 0. The molecule has 0 aliphatic carbocycles. The first-order valence-corrected chi connectivity index (χ1v) is 6.53. The van der Waals surface area contributed by atoms with Crippen molar-refractivity contribution >= 4 is 29.3 Å². The first-order valence-electron chi connectivity index (χ1n) is 5.34. The number of aromatic carboxylic acids is 1. The second-order valence-electron chi connectivity index (χ2n) is 3.84. The molecule has 2 rings (SSSR count). The summed E-state index contributed by atoms with van der Waals surface area (Å²) in [7, 11) is 0. The Hall–Kier alpha value is -1.45. The summed E-state index contributed by atoms with van der Waals surface area (Å²) in [5.41, 5.74) is 1.23. The summed E-state index contributed by atoms with van der Waals surface area (Å²) in [5.74, 6) is -0.923. The Balaban J connectivity index is 2.41. The minimum absolute atomic E-state index is 0.305. The Kier molecular flexibility index (Phi) is 3.94. The van der Waals surface area contributed by atoms with E-state index in [1.165, 1.54) is 11.8 Å². The lowest BCUT2D eigenvalue weighted by atomic mass is 10.1. The van der Waals surface area contributed by atoms with E-state index < -0.39 is 5.97 Å². The highest BCUT2D eigenvalue weighted by atomic mass is 35.5. The zero-order chi connectivity index (χ0) is 13.1. The zero-order valence-electron chi connectivity index (χ0n) is 9.68. The molecule has 0 heterocycles. The van der Waals surface area contributed by atoms with Gasteiger partial charge in [0, 0.05) is 9.79 Å². The van der Waals surface area contributed by atoms with Crippen LogP contribution in [0, 0.1) is 6.92 Å². The number of carbonyl (C=O) groups is 1. The van der Waals surface area contributed by atoms with Gasteiger partial charge in [-0.1, -0.05) is 47.1 Å². The van der Waals surface area contributed by atoms with Crippen LogP contribution in [0.5, 0.6) is 0 Å². The fraction of sp³-hybridized carbons (Fsp3) is 0.0714. The Morgan fingerprint density at radius 3 is 2.56 bits per heavy atom. The monoisotopic (exact) mass is 278 g/mol. The normalized spacial score (nSPS) is 10.3. The highest BCUT2D eigenvalue weighted by Gasteiger charge is 2.12. The predicted molar refractivity (Wildman–Crippen MR) is 73.7 cm³/mol. The molecule has 0 aliphatic heterocycles. The Morgan fingerprint density at radius 2 is 1.89 bits per heavy atom. The van der Waals surface area contributed by atoms with Crippen LogP contribution in [0.25, 0.3) is 0 Å². The van der Waals surface area contributed by atoms with Gasteiger partial charge >= 0.3 is 5.97 Å². The summed E-state index contributed by atoms with van der Waals surface area (Å²) in [6.45, 7) is 1.87. The number of hydrogen-bond donors (Lipinski definition) is 1. The molecule has 0 aromatic heterocycles. The van der Waals surface area contributed by atoms with Crippen LogP contribution in [-0.2, 0) is 0 Å². The third-order valence-corrected chi connectivity index (χ3v) is 4.02. The van der Waals surface area contributed by atoms with Gasteiger partial charge in [0.05, 0.1) is 10.6 Å². The summed E-state index contributed by atoms with van der Waals surface area (Å²) >= 11 is 7.43. The van der Waals surface area contributed by atoms with E-state index >= 15 is 0 Å². The summed E-state index contributed by atoms with van der Waals surface area (Å²) in [4.78, 5) is 12.8. The van der Waals surface area contributed by atoms with Crippen LogP contribution in [-0.4, -0.2) is 11.1 Å². The van der Waals surface area contributed by atoms with Crippen molar-refractivity contribution in [1.82, 2.24) is 0 Å². The predicted octanol–water partition coefficient (Wildman–Crippen LogP) is 4.50. The summed E-state index contributed by atoms with van der Waals surface area (Å²) in [6.07, 6.45) is 0. The average Bonchev–Trinajstić information content (AvgIpc) is 2.34. The van der Waals surface area contributed by atoms with Crippen LogP contribution < -0.4 is 0 Å². The SMILES string of the molecule is Cc1ccc(Sc2ccccc2Cl)c(C(=O)O)c1. The van der Waals surface area contributed by atoms with Crippen molar-refractivity contribution < 1.29 is 9.90 Å². The van der Waals surface area contributed by atoms with Gasteiger partial charge in [0.15, 0.2) is 0 Å². The van der Waals surface area contributed by atoms with E-state index in [4.69, 9.17) is 11.6 Å². The van der Waals surface area contributed by atoms with E-state index in [9.17, 15) is 9.90 Å². The maximum absolute atomic E-state index is 11.2. The van der Waals surface area contributed by atoms with Crippen molar-refractivity contribution in [3.8, 4) is 0 Å². The van der Waals surface area contributed by atoms with E-state index in [2.05, 4.69) is 0 Å². The molecule has 0 saturated carbocycles. The molecule has 0 fully saturated rings. The maximum atomic E-state index is 11.2. The molecular formula is C14H11ClO2S. The third-order valence-electron chi connectivity index (χ3n) is 2.42. The Bertz CT molecular complexity index is 596. The van der Waals surface area contributed by atoms with E-state index in [0.717, 1.165) is 10.5 Å². The largest absolute Gasteiger partial charge is 0.478 e. The molecule has 18 heavy (non-hydrogen) atoms. The Morgan fingerprint density at radius 1 is 1.17 bits per heavy atom. The molecule has 0 spiro atoms. The molecule has 2 aromatic rings. The molecule has 2 aromatic carbocycles. The number of aryl methyl sites for hydroxylation is 1. The van der Waals surface area contributed by atoms with Crippen LogP contribution in [0.2, 0.25) is 5.02 Å². The molecule has 0 bridgehead atoms.